The minimum absolute atomic E-state index is 0.0552. The highest BCUT2D eigenvalue weighted by molar-refractivity contribution is 7.10. The maximum atomic E-state index is 13.2. The van der Waals surface area contributed by atoms with E-state index in [9.17, 15) is 9.59 Å². The van der Waals surface area contributed by atoms with E-state index in [1.807, 2.05) is 35.5 Å². The van der Waals surface area contributed by atoms with E-state index in [1.165, 1.54) is 0 Å². The Balaban J connectivity index is 1.63. The maximum Gasteiger partial charge on any atom is 0.277 e. The van der Waals surface area contributed by atoms with Gasteiger partial charge in [-0.1, -0.05) is 58.7 Å². The Bertz CT molecular complexity index is 923. The van der Waals surface area contributed by atoms with Crippen molar-refractivity contribution in [2.45, 2.75) is 77.6 Å². The summed E-state index contributed by atoms with van der Waals surface area (Å²) >= 11 is 1.57. The molecule has 0 atom stereocenters. The minimum atomic E-state index is -0.0762. The van der Waals surface area contributed by atoms with Crippen molar-refractivity contribution >= 4 is 28.8 Å². The summed E-state index contributed by atoms with van der Waals surface area (Å²) in [6.07, 6.45) is 5.74. The summed E-state index contributed by atoms with van der Waals surface area (Å²) in [6, 6.07) is 8.07. The van der Waals surface area contributed by atoms with Gasteiger partial charge in [-0.25, -0.2) is 4.98 Å². The van der Waals surface area contributed by atoms with Crippen LogP contribution in [0.1, 0.15) is 93.2 Å². The number of nitrogens with zero attached hydrogens (tertiary/aromatic N) is 3. The highest BCUT2D eigenvalue weighted by Crippen LogP contribution is 2.34. The topological polar surface area (TPSA) is 53.5 Å². The van der Waals surface area contributed by atoms with Crippen molar-refractivity contribution in [3.63, 3.8) is 0 Å². The molecule has 1 aliphatic heterocycles. The molecule has 1 aliphatic rings. The minimum Gasteiger partial charge on any atom is -0.343 e. The number of hydrogen-bond donors (Lipinski definition) is 0. The number of unbranched alkanes of at least 4 members (excludes halogenated alkanes) is 2. The molecule has 1 aromatic carbocycles. The van der Waals surface area contributed by atoms with E-state index in [0.717, 1.165) is 61.5 Å². The molecule has 174 valence electrons. The average molecular weight is 456 g/mol. The van der Waals surface area contributed by atoms with Crippen molar-refractivity contribution in [1.82, 2.24) is 9.88 Å². The molecule has 5 nitrogen and oxygen atoms in total. The number of aromatic nitrogens is 1. The number of amides is 2. The average Bonchev–Trinajstić information content (AvgIpc) is 3.28. The molecule has 1 aromatic heterocycles. The number of anilines is 1. The number of likely N-dealkylation sites (tertiary alicyclic amines) is 1. The van der Waals surface area contributed by atoms with Crippen LogP contribution in [0.3, 0.4) is 0 Å². The number of benzene rings is 1. The molecule has 0 saturated carbocycles. The summed E-state index contributed by atoms with van der Waals surface area (Å²) < 4.78 is 0. The van der Waals surface area contributed by atoms with Crippen molar-refractivity contribution in [2.75, 3.05) is 25.0 Å². The van der Waals surface area contributed by atoms with Crippen molar-refractivity contribution in [2.24, 2.45) is 0 Å². The van der Waals surface area contributed by atoms with Crippen LogP contribution in [-0.4, -0.2) is 41.8 Å². The Labute approximate surface area is 196 Å². The second kappa shape index (κ2) is 10.6. The lowest BCUT2D eigenvalue weighted by molar-refractivity contribution is -0.132. The lowest BCUT2D eigenvalue weighted by Crippen LogP contribution is -2.37. The van der Waals surface area contributed by atoms with E-state index in [-0.39, 0.29) is 17.2 Å². The first-order valence-electron chi connectivity index (χ1n) is 11.8. The fraction of sp³-hybridized carbons (Fsp3) is 0.577. The van der Waals surface area contributed by atoms with Crippen LogP contribution in [0.25, 0.3) is 0 Å². The predicted molar refractivity (Wildman–Crippen MR) is 133 cm³/mol. The van der Waals surface area contributed by atoms with Gasteiger partial charge in [-0.3, -0.25) is 9.59 Å². The number of piperidine rings is 1. The molecule has 1 saturated heterocycles. The summed E-state index contributed by atoms with van der Waals surface area (Å²) in [7, 11) is 1.83. The normalized spacial score (nSPS) is 15.1. The molecule has 32 heavy (non-hydrogen) atoms. The molecule has 0 unspecified atom stereocenters. The predicted octanol–water partition coefficient (Wildman–Crippen LogP) is 6.00. The third-order valence-corrected chi connectivity index (χ3v) is 7.32. The molecule has 0 bridgehead atoms. The van der Waals surface area contributed by atoms with Gasteiger partial charge in [0, 0.05) is 43.5 Å². The Hall–Kier alpha value is -2.21. The Morgan fingerprint density at radius 3 is 2.50 bits per heavy atom. The van der Waals surface area contributed by atoms with Gasteiger partial charge in [0.25, 0.3) is 5.91 Å². The van der Waals surface area contributed by atoms with Crippen LogP contribution in [0.2, 0.25) is 0 Å². The lowest BCUT2D eigenvalue weighted by atomic mass is 9.85. The van der Waals surface area contributed by atoms with Gasteiger partial charge in [0.1, 0.15) is 5.69 Å². The molecule has 0 spiro atoms. The quantitative estimate of drug-likeness (QED) is 0.481. The summed E-state index contributed by atoms with van der Waals surface area (Å²) in [5.74, 6) is 0.534. The SMILES string of the molecule is CCCCCC(=O)N1CCC(c2nc(C(=O)N(C)c3ccccc3C(C)(C)C)cs2)CC1. The van der Waals surface area contributed by atoms with Crippen molar-refractivity contribution < 1.29 is 9.59 Å². The second-order valence-corrected chi connectivity index (χ2v) is 10.7. The molecule has 0 N–H and O–H groups in total. The third kappa shape index (κ3) is 5.77. The van der Waals surface area contributed by atoms with Crippen LogP contribution >= 0.6 is 11.3 Å². The second-order valence-electron chi connectivity index (χ2n) is 9.81. The van der Waals surface area contributed by atoms with E-state index >= 15 is 0 Å². The van der Waals surface area contributed by atoms with E-state index in [1.54, 1.807) is 16.2 Å². The highest BCUT2D eigenvalue weighted by Gasteiger charge is 2.28. The fourth-order valence-corrected chi connectivity index (χ4v) is 5.28. The van der Waals surface area contributed by atoms with Crippen LogP contribution in [0.5, 0.6) is 0 Å². The number of thiazole rings is 1. The van der Waals surface area contributed by atoms with Gasteiger partial charge < -0.3 is 9.80 Å². The summed E-state index contributed by atoms with van der Waals surface area (Å²) in [4.78, 5) is 34.0. The van der Waals surface area contributed by atoms with E-state index in [2.05, 4.69) is 33.8 Å². The zero-order valence-electron chi connectivity index (χ0n) is 20.2. The van der Waals surface area contributed by atoms with Gasteiger partial charge in [-0.15, -0.1) is 11.3 Å². The first-order chi connectivity index (χ1) is 15.2. The zero-order chi connectivity index (χ0) is 23.3. The van der Waals surface area contributed by atoms with Gasteiger partial charge in [0.05, 0.1) is 5.01 Å². The molecule has 0 aliphatic carbocycles. The number of carbonyl (C=O) groups is 2. The molecular weight excluding hydrogens is 418 g/mol. The number of carbonyl (C=O) groups excluding carboxylic acids is 2. The van der Waals surface area contributed by atoms with Gasteiger partial charge >= 0.3 is 0 Å². The Morgan fingerprint density at radius 1 is 1.16 bits per heavy atom. The molecule has 2 heterocycles. The van der Waals surface area contributed by atoms with E-state index < -0.39 is 0 Å². The van der Waals surface area contributed by atoms with Crippen LogP contribution in [-0.2, 0) is 10.2 Å². The largest absolute Gasteiger partial charge is 0.343 e. The van der Waals surface area contributed by atoms with Crippen molar-refractivity contribution in [3.05, 3.63) is 45.9 Å². The van der Waals surface area contributed by atoms with Crippen molar-refractivity contribution in [3.8, 4) is 0 Å². The highest BCUT2D eigenvalue weighted by atomic mass is 32.1. The number of para-hydroxylation sites is 1. The van der Waals surface area contributed by atoms with E-state index in [0.29, 0.717) is 18.0 Å². The number of hydrogen-bond acceptors (Lipinski definition) is 4. The van der Waals surface area contributed by atoms with Gasteiger partial charge in [-0.2, -0.15) is 0 Å². The van der Waals surface area contributed by atoms with E-state index in [4.69, 9.17) is 4.98 Å². The standard InChI is InChI=1S/C26H37N3O2S/c1-6-7-8-13-23(30)29-16-14-19(15-17-29)24-27-21(18-32-24)25(31)28(5)22-12-10-9-11-20(22)26(2,3)4/h9-12,18-19H,6-8,13-17H2,1-5H3. The maximum absolute atomic E-state index is 13.2. The first kappa shape index (κ1) is 24.4. The molecular formula is C26H37N3O2S. The molecule has 1 fully saturated rings. The fourth-order valence-electron chi connectivity index (χ4n) is 4.32. The third-order valence-electron chi connectivity index (χ3n) is 6.31. The monoisotopic (exact) mass is 455 g/mol. The molecule has 2 amide bonds. The molecule has 0 radical (unpaired) electrons. The molecule has 3 rings (SSSR count). The van der Waals surface area contributed by atoms with Crippen LogP contribution in [0.4, 0.5) is 5.69 Å². The number of rotatable bonds is 7. The van der Waals surface area contributed by atoms with Crippen LogP contribution in [0.15, 0.2) is 29.6 Å². The summed E-state index contributed by atoms with van der Waals surface area (Å²) in [5.41, 5.74) is 2.52. The van der Waals surface area contributed by atoms with Gasteiger partial charge in [-0.05, 0) is 36.3 Å². The van der Waals surface area contributed by atoms with Crippen molar-refractivity contribution in [1.29, 1.82) is 0 Å². The molecule has 6 heteroatoms. The van der Waals surface area contributed by atoms with Crippen LogP contribution in [0, 0.1) is 0 Å². The summed E-state index contributed by atoms with van der Waals surface area (Å²) in [5, 5.41) is 2.90. The first-order valence-corrected chi connectivity index (χ1v) is 12.7. The molecule has 2 aromatic rings. The Morgan fingerprint density at radius 2 is 1.84 bits per heavy atom. The van der Waals surface area contributed by atoms with Crippen LogP contribution < -0.4 is 4.90 Å². The zero-order valence-corrected chi connectivity index (χ0v) is 21.0. The lowest BCUT2D eigenvalue weighted by Gasteiger charge is -2.31. The van der Waals surface area contributed by atoms with Gasteiger partial charge in [0.2, 0.25) is 5.91 Å². The summed E-state index contributed by atoms with van der Waals surface area (Å²) in [6.45, 7) is 10.2. The van der Waals surface area contributed by atoms with Gasteiger partial charge in [0.15, 0.2) is 0 Å². The smallest absolute Gasteiger partial charge is 0.277 e. The Kier molecular flexibility index (Phi) is 8.10.